The van der Waals surface area contributed by atoms with Gasteiger partial charge in [0.05, 0.1) is 0 Å². The van der Waals surface area contributed by atoms with Gasteiger partial charge in [-0.05, 0) is 35.8 Å². The van der Waals surface area contributed by atoms with Crippen LogP contribution in [-0.2, 0) is 4.43 Å². The van der Waals surface area contributed by atoms with Crippen LogP contribution < -0.4 is 5.19 Å². The first-order valence-electron chi connectivity index (χ1n) is 8.08. The van der Waals surface area contributed by atoms with E-state index in [1.807, 2.05) is 0 Å². The largest absolute Gasteiger partial charge is 0.412 e. The predicted octanol–water partition coefficient (Wildman–Crippen LogP) is 5.63. The summed E-state index contributed by atoms with van der Waals surface area (Å²) in [6.07, 6.45) is 6.20. The fourth-order valence-corrected chi connectivity index (χ4v) is 7.38. The van der Waals surface area contributed by atoms with Crippen LogP contribution in [0.25, 0.3) is 0 Å². The molecule has 1 aromatic rings. The van der Waals surface area contributed by atoms with Crippen molar-refractivity contribution < 1.29 is 4.43 Å². The van der Waals surface area contributed by atoms with Gasteiger partial charge >= 0.3 is 0 Å². The van der Waals surface area contributed by atoms with E-state index < -0.39 is 8.32 Å². The van der Waals surface area contributed by atoms with E-state index in [0.29, 0.717) is 0 Å². The molecular weight excluding hydrogens is 328 g/mol. The molecule has 0 amide bonds. The zero-order valence-corrected chi connectivity index (χ0v) is 15.8. The third kappa shape index (κ3) is 5.34. The third-order valence-corrected chi connectivity index (χ3v) is 8.81. The maximum absolute atomic E-state index is 6.53. The van der Waals surface area contributed by atoms with Crippen LogP contribution in [0.4, 0.5) is 0 Å². The highest BCUT2D eigenvalue weighted by molar-refractivity contribution is 9.10. The lowest BCUT2D eigenvalue weighted by molar-refractivity contribution is 0.304. The lowest BCUT2D eigenvalue weighted by Gasteiger charge is -2.32. The van der Waals surface area contributed by atoms with Crippen LogP contribution in [0.1, 0.15) is 52.9 Å². The fraction of sp³-hybridized carbons (Fsp3) is 0.647. The van der Waals surface area contributed by atoms with Gasteiger partial charge in [0, 0.05) is 11.1 Å². The van der Waals surface area contributed by atoms with Gasteiger partial charge in [-0.15, -0.1) is 0 Å². The van der Waals surface area contributed by atoms with E-state index in [2.05, 4.69) is 61.0 Å². The highest BCUT2D eigenvalue weighted by atomic mass is 79.9. The van der Waals surface area contributed by atoms with Gasteiger partial charge in [0.25, 0.3) is 0 Å². The molecule has 0 fully saturated rings. The molecule has 0 aromatic heterocycles. The number of unbranched alkanes of at least 4 members (excludes halogenated alkanes) is 2. The molecule has 0 radical (unpaired) electrons. The maximum atomic E-state index is 6.53. The number of halogens is 1. The minimum absolute atomic E-state index is 0.912. The molecule has 0 saturated heterocycles. The second-order valence-corrected chi connectivity index (χ2v) is 10.3. The third-order valence-electron chi connectivity index (χ3n) is 3.82. The molecule has 0 atom stereocenters. The molecule has 0 bridgehead atoms. The van der Waals surface area contributed by atoms with Gasteiger partial charge in [-0.2, -0.15) is 0 Å². The minimum Gasteiger partial charge on any atom is -0.412 e. The van der Waals surface area contributed by atoms with Gasteiger partial charge in [0.1, 0.15) is 0 Å². The lowest BCUT2D eigenvalue weighted by atomic mass is 10.4. The summed E-state index contributed by atoms with van der Waals surface area (Å²) in [4.78, 5) is 0. The Morgan fingerprint density at radius 2 is 1.45 bits per heavy atom. The van der Waals surface area contributed by atoms with Crippen LogP contribution in [0.15, 0.2) is 28.7 Å². The van der Waals surface area contributed by atoms with E-state index in [0.717, 1.165) is 17.5 Å². The minimum atomic E-state index is -1.78. The second-order valence-electron chi connectivity index (χ2n) is 5.56. The van der Waals surface area contributed by atoms with Gasteiger partial charge in [-0.1, -0.05) is 74.5 Å². The van der Waals surface area contributed by atoms with Gasteiger partial charge < -0.3 is 4.43 Å². The van der Waals surface area contributed by atoms with Crippen molar-refractivity contribution in [1.29, 1.82) is 0 Å². The molecule has 1 aromatic carbocycles. The average molecular weight is 357 g/mol. The summed E-state index contributed by atoms with van der Waals surface area (Å²) in [5, 5.41) is 1.48. The number of rotatable bonds is 10. The van der Waals surface area contributed by atoms with Crippen LogP contribution in [0, 0.1) is 0 Å². The monoisotopic (exact) mass is 356 g/mol. The van der Waals surface area contributed by atoms with Crippen LogP contribution in [0.2, 0.25) is 12.1 Å². The summed E-state index contributed by atoms with van der Waals surface area (Å²) in [6.45, 7) is 7.68. The molecule has 1 rings (SSSR count). The van der Waals surface area contributed by atoms with Crippen molar-refractivity contribution in [3.63, 3.8) is 0 Å². The molecule has 0 aliphatic rings. The SMILES string of the molecule is CCCC[Si](CCCC)(OCCC)c1ccc(Br)cc1. The Morgan fingerprint density at radius 1 is 0.900 bits per heavy atom. The topological polar surface area (TPSA) is 9.23 Å². The van der Waals surface area contributed by atoms with E-state index in [1.165, 1.54) is 43.0 Å². The van der Waals surface area contributed by atoms with Crippen LogP contribution in [0.3, 0.4) is 0 Å². The van der Waals surface area contributed by atoms with E-state index in [9.17, 15) is 0 Å². The first-order valence-corrected chi connectivity index (χ1v) is 11.2. The summed E-state index contributed by atoms with van der Waals surface area (Å²) in [7, 11) is -1.78. The molecule has 0 N–H and O–H groups in total. The van der Waals surface area contributed by atoms with Crippen molar-refractivity contribution in [3.8, 4) is 0 Å². The van der Waals surface area contributed by atoms with Crippen molar-refractivity contribution >= 4 is 29.4 Å². The molecular formula is C17H29BrOSi. The van der Waals surface area contributed by atoms with Gasteiger partial charge in [-0.25, -0.2) is 0 Å². The van der Waals surface area contributed by atoms with Gasteiger partial charge in [0.15, 0.2) is 0 Å². The number of hydrogen-bond donors (Lipinski definition) is 0. The highest BCUT2D eigenvalue weighted by Gasteiger charge is 2.35. The Hall–Kier alpha value is -0.123. The quantitative estimate of drug-likeness (QED) is 0.493. The van der Waals surface area contributed by atoms with E-state index >= 15 is 0 Å². The second kappa shape index (κ2) is 9.75. The van der Waals surface area contributed by atoms with Crippen molar-refractivity contribution in [3.05, 3.63) is 28.7 Å². The first-order chi connectivity index (χ1) is 9.68. The van der Waals surface area contributed by atoms with Crippen molar-refractivity contribution in [2.24, 2.45) is 0 Å². The molecule has 114 valence electrons. The Morgan fingerprint density at radius 3 is 1.90 bits per heavy atom. The highest BCUT2D eigenvalue weighted by Crippen LogP contribution is 2.24. The van der Waals surface area contributed by atoms with Crippen LogP contribution in [0.5, 0.6) is 0 Å². The smallest absolute Gasteiger partial charge is 0.224 e. The summed E-state index contributed by atoms with van der Waals surface area (Å²) >= 11 is 3.54. The summed E-state index contributed by atoms with van der Waals surface area (Å²) in [6, 6.07) is 11.5. The van der Waals surface area contributed by atoms with E-state index in [4.69, 9.17) is 4.43 Å². The molecule has 0 aliphatic carbocycles. The first kappa shape index (κ1) is 17.9. The predicted molar refractivity (Wildman–Crippen MR) is 95.2 cm³/mol. The van der Waals surface area contributed by atoms with Crippen molar-refractivity contribution in [2.75, 3.05) is 6.61 Å². The number of benzene rings is 1. The lowest BCUT2D eigenvalue weighted by Crippen LogP contribution is -2.50. The fourth-order valence-electron chi connectivity index (χ4n) is 2.62. The standard InChI is InChI=1S/C17H29BrOSi/c1-4-7-14-20(15-8-5-2,19-13-6-3)17-11-9-16(18)10-12-17/h9-12H,4-8,13-15H2,1-3H3. The molecule has 0 saturated carbocycles. The molecule has 0 aliphatic heterocycles. The molecule has 0 spiro atoms. The van der Waals surface area contributed by atoms with E-state index in [1.54, 1.807) is 0 Å². The Balaban J connectivity index is 3.00. The Kier molecular flexibility index (Phi) is 8.74. The molecule has 0 unspecified atom stereocenters. The Bertz CT molecular complexity index is 342. The van der Waals surface area contributed by atoms with Crippen molar-refractivity contribution in [1.82, 2.24) is 0 Å². The molecule has 1 nitrogen and oxygen atoms in total. The zero-order valence-electron chi connectivity index (χ0n) is 13.3. The average Bonchev–Trinajstić information content (AvgIpc) is 2.48. The van der Waals surface area contributed by atoms with Gasteiger partial charge in [0.2, 0.25) is 8.32 Å². The zero-order chi connectivity index (χ0) is 14.8. The van der Waals surface area contributed by atoms with E-state index in [-0.39, 0.29) is 0 Å². The Labute approximate surface area is 134 Å². The van der Waals surface area contributed by atoms with Crippen LogP contribution in [-0.4, -0.2) is 14.9 Å². The maximum Gasteiger partial charge on any atom is 0.224 e. The van der Waals surface area contributed by atoms with Crippen molar-refractivity contribution in [2.45, 2.75) is 65.0 Å². The summed E-state index contributed by atoms with van der Waals surface area (Å²) in [5.74, 6) is 0. The summed E-state index contributed by atoms with van der Waals surface area (Å²) in [5.41, 5.74) is 0. The molecule has 0 heterocycles. The van der Waals surface area contributed by atoms with Crippen LogP contribution >= 0.6 is 15.9 Å². The normalized spacial score (nSPS) is 11.8. The summed E-state index contributed by atoms with van der Waals surface area (Å²) < 4.78 is 7.69. The number of hydrogen-bond acceptors (Lipinski definition) is 1. The molecule has 3 heteroatoms. The molecule has 20 heavy (non-hydrogen) atoms. The van der Waals surface area contributed by atoms with Gasteiger partial charge in [-0.3, -0.25) is 0 Å².